The molecule has 0 aromatic heterocycles. The van der Waals surface area contributed by atoms with E-state index in [-0.39, 0.29) is 12.1 Å². The third kappa shape index (κ3) is 1.92. The van der Waals surface area contributed by atoms with Gasteiger partial charge in [-0.05, 0) is 12.1 Å². The summed E-state index contributed by atoms with van der Waals surface area (Å²) in [6, 6.07) is 8.78. The minimum Gasteiger partial charge on any atom is -0.390 e. The summed E-state index contributed by atoms with van der Waals surface area (Å²) in [5, 5.41) is 10.4. The van der Waals surface area contributed by atoms with Gasteiger partial charge in [0.25, 0.3) is 0 Å². The summed E-state index contributed by atoms with van der Waals surface area (Å²) in [6.07, 6.45) is -0.362. The van der Waals surface area contributed by atoms with Crippen LogP contribution in [0, 0.1) is 0 Å². The van der Waals surface area contributed by atoms with Crippen molar-refractivity contribution in [2.45, 2.75) is 6.10 Å². The van der Waals surface area contributed by atoms with E-state index < -0.39 is 0 Å². The molecule has 0 bridgehead atoms. The summed E-state index contributed by atoms with van der Waals surface area (Å²) in [6.45, 7) is 0.803. The van der Waals surface area contributed by atoms with Crippen molar-refractivity contribution in [3.05, 3.63) is 35.9 Å². The molecule has 1 N–H and O–H groups in total. The first-order valence-electron chi connectivity index (χ1n) is 4.46. The average molecular weight is 193 g/mol. The summed E-state index contributed by atoms with van der Waals surface area (Å²) in [5.41, 5.74) is 0.522. The van der Waals surface area contributed by atoms with Crippen molar-refractivity contribution in [1.82, 2.24) is 5.06 Å². The highest BCUT2D eigenvalue weighted by molar-refractivity contribution is 5.89. The van der Waals surface area contributed by atoms with Crippen LogP contribution in [-0.2, 0) is 4.84 Å². The first kappa shape index (κ1) is 9.18. The Morgan fingerprint density at radius 3 is 2.57 bits per heavy atom. The van der Waals surface area contributed by atoms with Crippen molar-refractivity contribution >= 4 is 5.97 Å². The zero-order valence-corrected chi connectivity index (χ0v) is 7.59. The Morgan fingerprint density at radius 2 is 2.00 bits per heavy atom. The smallest absolute Gasteiger partial charge is 0.357 e. The highest BCUT2D eigenvalue weighted by Crippen LogP contribution is 2.10. The Bertz CT molecular complexity index is 319. The Morgan fingerprint density at radius 1 is 1.36 bits per heavy atom. The van der Waals surface area contributed by atoms with E-state index in [1.165, 1.54) is 5.06 Å². The van der Waals surface area contributed by atoms with E-state index >= 15 is 0 Å². The van der Waals surface area contributed by atoms with Crippen LogP contribution in [-0.4, -0.2) is 35.3 Å². The van der Waals surface area contributed by atoms with Crippen LogP contribution in [0.2, 0.25) is 0 Å². The molecule has 4 nitrogen and oxygen atoms in total. The van der Waals surface area contributed by atoms with Gasteiger partial charge in [0.05, 0.1) is 24.8 Å². The molecule has 4 heteroatoms. The molecular formula is C10H11NO3. The molecule has 1 aliphatic rings. The van der Waals surface area contributed by atoms with Gasteiger partial charge in [0, 0.05) is 0 Å². The second-order valence-corrected chi connectivity index (χ2v) is 3.25. The first-order chi connectivity index (χ1) is 6.75. The lowest BCUT2D eigenvalue weighted by atomic mass is 10.2. The fourth-order valence-electron chi connectivity index (χ4n) is 1.24. The number of carbonyl (C=O) groups excluding carboxylic acids is 1. The standard InChI is InChI=1S/C10H11NO3/c12-9-6-11(7-9)14-10(13)8-4-2-1-3-5-8/h1-5,9,12H,6-7H2. The second kappa shape index (κ2) is 3.77. The van der Waals surface area contributed by atoms with Gasteiger partial charge >= 0.3 is 5.97 Å². The van der Waals surface area contributed by atoms with E-state index in [1.54, 1.807) is 24.3 Å². The molecule has 1 aromatic carbocycles. The topological polar surface area (TPSA) is 49.8 Å². The number of hydrogen-bond donors (Lipinski definition) is 1. The van der Waals surface area contributed by atoms with Crippen LogP contribution < -0.4 is 0 Å². The van der Waals surface area contributed by atoms with Crippen LogP contribution in [0.25, 0.3) is 0 Å². The van der Waals surface area contributed by atoms with Crippen LogP contribution in [0.3, 0.4) is 0 Å². The molecule has 0 aliphatic carbocycles. The summed E-state index contributed by atoms with van der Waals surface area (Å²) in [7, 11) is 0. The number of β-amino-alcohol motifs (C(OH)–C–C–N with tert-alkyl or cyclic N) is 1. The summed E-state index contributed by atoms with van der Waals surface area (Å²) in [4.78, 5) is 16.4. The zero-order chi connectivity index (χ0) is 9.97. The molecule has 0 spiro atoms. The van der Waals surface area contributed by atoms with E-state index in [4.69, 9.17) is 9.94 Å². The predicted octanol–water partition coefficient (Wildman–Crippen LogP) is 0.435. The Kier molecular flexibility index (Phi) is 2.47. The van der Waals surface area contributed by atoms with Gasteiger partial charge in [-0.2, -0.15) is 0 Å². The number of hydroxylamine groups is 2. The molecule has 0 atom stereocenters. The van der Waals surface area contributed by atoms with Crippen LogP contribution in [0.5, 0.6) is 0 Å². The molecule has 1 fully saturated rings. The SMILES string of the molecule is O=C(ON1CC(O)C1)c1ccccc1. The molecule has 2 rings (SSSR count). The maximum absolute atomic E-state index is 11.4. The second-order valence-electron chi connectivity index (χ2n) is 3.25. The fraction of sp³-hybridized carbons (Fsp3) is 0.300. The number of benzene rings is 1. The first-order valence-corrected chi connectivity index (χ1v) is 4.46. The van der Waals surface area contributed by atoms with E-state index in [0.29, 0.717) is 18.7 Å². The zero-order valence-electron chi connectivity index (χ0n) is 7.59. The Balaban J connectivity index is 1.90. The number of carbonyl (C=O) groups is 1. The van der Waals surface area contributed by atoms with Crippen molar-refractivity contribution < 1.29 is 14.7 Å². The minimum atomic E-state index is -0.377. The molecule has 0 saturated carbocycles. The lowest BCUT2D eigenvalue weighted by Crippen LogP contribution is -2.51. The monoisotopic (exact) mass is 193 g/mol. The van der Waals surface area contributed by atoms with Crippen molar-refractivity contribution in [3.63, 3.8) is 0 Å². The number of hydrogen-bond acceptors (Lipinski definition) is 4. The van der Waals surface area contributed by atoms with Crippen LogP contribution >= 0.6 is 0 Å². The van der Waals surface area contributed by atoms with Crippen LogP contribution in [0.4, 0.5) is 0 Å². The minimum absolute atomic E-state index is 0.362. The summed E-state index contributed by atoms with van der Waals surface area (Å²) < 4.78 is 0. The number of nitrogens with zero attached hydrogens (tertiary/aromatic N) is 1. The molecule has 0 unspecified atom stereocenters. The van der Waals surface area contributed by atoms with Crippen LogP contribution in [0.1, 0.15) is 10.4 Å². The van der Waals surface area contributed by atoms with Crippen molar-refractivity contribution in [2.75, 3.05) is 13.1 Å². The maximum atomic E-state index is 11.4. The molecule has 0 amide bonds. The number of aliphatic hydroxyl groups is 1. The normalized spacial score (nSPS) is 17.5. The summed E-state index contributed by atoms with van der Waals surface area (Å²) >= 11 is 0. The predicted molar refractivity (Wildman–Crippen MR) is 49.4 cm³/mol. The number of rotatable bonds is 2. The third-order valence-corrected chi connectivity index (χ3v) is 2.05. The lowest BCUT2D eigenvalue weighted by molar-refractivity contribution is -0.193. The van der Waals surface area contributed by atoms with Gasteiger partial charge in [0.1, 0.15) is 0 Å². The van der Waals surface area contributed by atoms with E-state index in [2.05, 4.69) is 0 Å². The van der Waals surface area contributed by atoms with Crippen molar-refractivity contribution in [2.24, 2.45) is 0 Å². The number of aliphatic hydroxyl groups excluding tert-OH is 1. The van der Waals surface area contributed by atoms with Gasteiger partial charge in [-0.3, -0.25) is 0 Å². The third-order valence-electron chi connectivity index (χ3n) is 2.05. The highest BCUT2D eigenvalue weighted by atomic mass is 16.7. The fourth-order valence-corrected chi connectivity index (χ4v) is 1.24. The van der Waals surface area contributed by atoms with E-state index in [9.17, 15) is 4.79 Å². The largest absolute Gasteiger partial charge is 0.390 e. The Labute approximate surface area is 81.7 Å². The molecule has 0 radical (unpaired) electrons. The molecule has 1 heterocycles. The molecule has 1 saturated heterocycles. The molecule has 1 aromatic rings. The van der Waals surface area contributed by atoms with Gasteiger partial charge in [0.15, 0.2) is 0 Å². The maximum Gasteiger partial charge on any atom is 0.357 e. The van der Waals surface area contributed by atoms with E-state index in [1.807, 2.05) is 6.07 Å². The van der Waals surface area contributed by atoms with Gasteiger partial charge in [-0.25, -0.2) is 4.79 Å². The van der Waals surface area contributed by atoms with Crippen molar-refractivity contribution in [3.8, 4) is 0 Å². The van der Waals surface area contributed by atoms with Gasteiger partial charge in [-0.15, -0.1) is 5.06 Å². The van der Waals surface area contributed by atoms with E-state index in [0.717, 1.165) is 0 Å². The van der Waals surface area contributed by atoms with Gasteiger partial charge < -0.3 is 9.94 Å². The average Bonchev–Trinajstić information content (AvgIpc) is 2.17. The molecule has 1 aliphatic heterocycles. The highest BCUT2D eigenvalue weighted by Gasteiger charge is 2.28. The Hall–Kier alpha value is -1.39. The van der Waals surface area contributed by atoms with Crippen molar-refractivity contribution in [1.29, 1.82) is 0 Å². The quantitative estimate of drug-likeness (QED) is 0.740. The van der Waals surface area contributed by atoms with Crippen LogP contribution in [0.15, 0.2) is 30.3 Å². The van der Waals surface area contributed by atoms with Gasteiger partial charge in [0.2, 0.25) is 0 Å². The summed E-state index contributed by atoms with van der Waals surface area (Å²) in [5.74, 6) is -0.377. The lowest BCUT2D eigenvalue weighted by Gasteiger charge is -2.33. The molecule has 14 heavy (non-hydrogen) atoms. The van der Waals surface area contributed by atoms with Gasteiger partial charge in [-0.1, -0.05) is 18.2 Å². The molecular weight excluding hydrogens is 182 g/mol. The molecule has 74 valence electrons.